The molecule has 0 bridgehead atoms. The number of hydrogen-bond donors (Lipinski definition) is 2. The molecule has 4 aromatic rings. The number of halogens is 2. The Hall–Kier alpha value is -4.33. The van der Waals surface area contributed by atoms with Crippen molar-refractivity contribution in [3.8, 4) is 34.6 Å². The Labute approximate surface area is 258 Å². The highest BCUT2D eigenvalue weighted by Gasteiger charge is 2.29. The molecule has 1 amide bonds. The number of hydrogen-bond acceptors (Lipinski definition) is 8. The first-order valence-corrected chi connectivity index (χ1v) is 14.8. The third-order valence-corrected chi connectivity index (χ3v) is 8.58. The van der Waals surface area contributed by atoms with E-state index in [-0.39, 0.29) is 23.6 Å². The number of nitrogens with zero attached hydrogens (tertiary/aromatic N) is 5. The lowest BCUT2D eigenvalue weighted by atomic mass is 9.91. The average Bonchev–Trinajstić information content (AvgIpc) is 3.75. The van der Waals surface area contributed by atoms with Gasteiger partial charge < -0.3 is 20.5 Å². The van der Waals surface area contributed by atoms with Gasteiger partial charge in [0.1, 0.15) is 35.2 Å². The molecule has 2 saturated carbocycles. The number of carbonyl (C=O) groups excluding carboxylic acids is 1. The largest absolute Gasteiger partial charge is 0.493 e. The van der Waals surface area contributed by atoms with Crippen LogP contribution in [0.15, 0.2) is 54.4 Å². The second-order valence-electron chi connectivity index (χ2n) is 10.8. The highest BCUT2D eigenvalue weighted by atomic mass is 35.5. The summed E-state index contributed by atoms with van der Waals surface area (Å²) in [6, 6.07) is 12.6. The maximum absolute atomic E-state index is 12.7. The number of allylic oxidation sites excluding steroid dienone is 1. The Morgan fingerprint density at radius 2 is 1.86 bits per heavy atom. The van der Waals surface area contributed by atoms with Gasteiger partial charge in [0.05, 0.1) is 28.6 Å². The summed E-state index contributed by atoms with van der Waals surface area (Å²) < 4.78 is 13.6. The number of nitrogens with two attached hydrogens (primary N) is 1. The van der Waals surface area contributed by atoms with E-state index >= 15 is 0 Å². The van der Waals surface area contributed by atoms with Crippen LogP contribution in [0.3, 0.4) is 0 Å². The first-order valence-electron chi connectivity index (χ1n) is 14.1. The van der Waals surface area contributed by atoms with E-state index < -0.39 is 0 Å². The quantitative estimate of drug-likeness (QED) is 0.165. The first kappa shape index (κ1) is 28.8. The molecule has 2 aliphatic carbocycles. The molecule has 0 saturated heterocycles. The maximum Gasteiger partial charge on any atom is 0.261 e. The fourth-order valence-electron chi connectivity index (χ4n) is 5.41. The summed E-state index contributed by atoms with van der Waals surface area (Å²) in [4.78, 5) is 21.4. The van der Waals surface area contributed by atoms with Crippen molar-refractivity contribution in [1.29, 1.82) is 5.26 Å². The summed E-state index contributed by atoms with van der Waals surface area (Å²) >= 11 is 12.2. The fraction of sp³-hybridized carbons (Fsp3) is 0.323. The number of aromatic nitrogens is 4. The summed E-state index contributed by atoms with van der Waals surface area (Å²) in [5.74, 6) is 1.90. The molecule has 2 fully saturated rings. The van der Waals surface area contributed by atoms with Crippen LogP contribution in [-0.4, -0.2) is 38.8 Å². The molecular weight excluding hydrogens is 589 g/mol. The Kier molecular flexibility index (Phi) is 8.10. The smallest absolute Gasteiger partial charge is 0.261 e. The minimum atomic E-state index is -0.286. The van der Waals surface area contributed by atoms with Crippen LogP contribution in [-0.2, 0) is 4.79 Å². The topological polar surface area (TPSA) is 141 Å². The van der Waals surface area contributed by atoms with E-state index in [4.69, 9.17) is 43.5 Å². The van der Waals surface area contributed by atoms with Crippen molar-refractivity contribution in [2.24, 2.45) is 5.92 Å². The average molecular weight is 619 g/mol. The number of carbonyl (C=O) groups is 1. The van der Waals surface area contributed by atoms with Gasteiger partial charge in [0.2, 0.25) is 0 Å². The number of ether oxygens (including phenoxy) is 2. The van der Waals surface area contributed by atoms with Crippen molar-refractivity contribution in [1.82, 2.24) is 25.1 Å². The van der Waals surface area contributed by atoms with Crippen molar-refractivity contribution in [2.75, 3.05) is 12.8 Å². The number of rotatable bonds is 8. The third kappa shape index (κ3) is 6.10. The highest BCUT2D eigenvalue weighted by molar-refractivity contribution is 6.42. The first-order chi connectivity index (χ1) is 20.8. The van der Waals surface area contributed by atoms with Crippen LogP contribution in [0, 0.1) is 17.2 Å². The number of methoxy groups -OCH3 is 1. The molecule has 0 aliphatic heterocycles. The highest BCUT2D eigenvalue weighted by Crippen LogP contribution is 2.40. The minimum absolute atomic E-state index is 0.00646. The van der Waals surface area contributed by atoms with Crippen LogP contribution in [0.2, 0.25) is 10.0 Å². The van der Waals surface area contributed by atoms with Gasteiger partial charge in [-0.15, -0.1) is 0 Å². The lowest BCUT2D eigenvalue weighted by Gasteiger charge is -2.29. The molecule has 12 heteroatoms. The lowest BCUT2D eigenvalue weighted by Crippen LogP contribution is -2.38. The Balaban J connectivity index is 1.24. The van der Waals surface area contributed by atoms with Crippen LogP contribution in [0.1, 0.15) is 44.6 Å². The Bertz CT molecular complexity index is 1770. The Morgan fingerprint density at radius 1 is 1.07 bits per heavy atom. The summed E-state index contributed by atoms with van der Waals surface area (Å²) in [5.41, 5.74) is 8.61. The van der Waals surface area contributed by atoms with Gasteiger partial charge in [-0.05, 0) is 74.8 Å². The predicted molar refractivity (Wildman–Crippen MR) is 164 cm³/mol. The standard InChI is InChI=1S/C31H29Cl2N7O3/c1-42-26-13-18(4-11-25(26)43-22-9-10-23(32)24(33)14-22)28-27-29(35)36-16-37-30(27)40(39-28)21-7-5-20(6-8-21)38-31(41)19(15-34)12-17-2-3-17/h4,9-14,16-17,20-21H,2-3,5-8H2,1H3,(H,38,41)(H2,35,36,37)/t20-,21-. The molecular formula is C31H29Cl2N7O3. The number of benzene rings is 2. The molecule has 3 N–H and O–H groups in total. The molecule has 10 nitrogen and oxygen atoms in total. The monoisotopic (exact) mass is 617 g/mol. The van der Waals surface area contributed by atoms with Crippen LogP contribution >= 0.6 is 23.2 Å². The van der Waals surface area contributed by atoms with Crippen molar-refractivity contribution >= 4 is 46.0 Å². The number of amides is 1. The van der Waals surface area contributed by atoms with Crippen LogP contribution < -0.4 is 20.5 Å². The minimum Gasteiger partial charge on any atom is -0.493 e. The van der Waals surface area contributed by atoms with E-state index in [0.29, 0.717) is 55.8 Å². The number of anilines is 1. The van der Waals surface area contributed by atoms with Gasteiger partial charge in [-0.25, -0.2) is 14.6 Å². The van der Waals surface area contributed by atoms with Crippen LogP contribution in [0.4, 0.5) is 5.82 Å². The van der Waals surface area contributed by atoms with Gasteiger partial charge in [0.15, 0.2) is 17.1 Å². The van der Waals surface area contributed by atoms with Gasteiger partial charge in [0.25, 0.3) is 5.91 Å². The Morgan fingerprint density at radius 3 is 2.56 bits per heavy atom. The SMILES string of the molecule is COc1cc(-c2nn([C@H]3CC[C@H](NC(=O)C(C#N)=CC4CC4)CC3)c3ncnc(N)c23)ccc1Oc1ccc(Cl)c(Cl)c1. The van der Waals surface area contributed by atoms with E-state index in [1.165, 1.54) is 6.33 Å². The molecule has 2 aromatic carbocycles. The zero-order chi connectivity index (χ0) is 30.1. The molecule has 0 spiro atoms. The van der Waals surface area contributed by atoms with Gasteiger partial charge in [-0.2, -0.15) is 10.4 Å². The molecule has 2 aliphatic rings. The number of fused-ring (bicyclic) bond motifs is 1. The number of nitrogens with one attached hydrogen (secondary N) is 1. The van der Waals surface area contributed by atoms with E-state index in [9.17, 15) is 10.1 Å². The van der Waals surface area contributed by atoms with Crippen molar-refractivity contribution in [3.63, 3.8) is 0 Å². The van der Waals surface area contributed by atoms with Crippen LogP contribution in [0.5, 0.6) is 17.2 Å². The van der Waals surface area contributed by atoms with Gasteiger partial charge in [0, 0.05) is 17.7 Å². The van der Waals surface area contributed by atoms with E-state index in [1.54, 1.807) is 37.5 Å². The third-order valence-electron chi connectivity index (χ3n) is 7.84. The molecule has 220 valence electrons. The summed E-state index contributed by atoms with van der Waals surface area (Å²) in [5, 5.41) is 18.9. The summed E-state index contributed by atoms with van der Waals surface area (Å²) in [6.07, 6.45) is 8.38. The summed E-state index contributed by atoms with van der Waals surface area (Å²) in [6.45, 7) is 0. The zero-order valence-electron chi connectivity index (χ0n) is 23.4. The second-order valence-corrected chi connectivity index (χ2v) is 11.6. The molecule has 0 atom stereocenters. The molecule has 2 aromatic heterocycles. The molecule has 0 radical (unpaired) electrons. The van der Waals surface area contributed by atoms with Gasteiger partial charge >= 0.3 is 0 Å². The lowest BCUT2D eigenvalue weighted by molar-refractivity contribution is -0.118. The fourth-order valence-corrected chi connectivity index (χ4v) is 5.70. The number of nitrogen functional groups attached to an aromatic ring is 1. The number of nitriles is 1. The zero-order valence-corrected chi connectivity index (χ0v) is 24.9. The van der Waals surface area contributed by atoms with E-state index in [2.05, 4.69) is 21.4 Å². The maximum atomic E-state index is 12.7. The second kappa shape index (κ2) is 12.1. The van der Waals surface area contributed by atoms with Crippen molar-refractivity contribution < 1.29 is 14.3 Å². The molecule has 0 unspecified atom stereocenters. The molecule has 2 heterocycles. The van der Waals surface area contributed by atoms with E-state index in [1.807, 2.05) is 16.8 Å². The van der Waals surface area contributed by atoms with E-state index in [0.717, 1.165) is 44.1 Å². The molecule has 43 heavy (non-hydrogen) atoms. The van der Waals surface area contributed by atoms with Gasteiger partial charge in [-0.1, -0.05) is 29.3 Å². The normalized spacial score (nSPS) is 18.7. The van der Waals surface area contributed by atoms with Crippen LogP contribution in [0.25, 0.3) is 22.3 Å². The summed E-state index contributed by atoms with van der Waals surface area (Å²) in [7, 11) is 1.56. The van der Waals surface area contributed by atoms with Gasteiger partial charge in [-0.3, -0.25) is 4.79 Å². The predicted octanol–water partition coefficient (Wildman–Crippen LogP) is 6.64. The molecule has 6 rings (SSSR count). The van der Waals surface area contributed by atoms with Crippen molar-refractivity contribution in [3.05, 3.63) is 64.4 Å². The van der Waals surface area contributed by atoms with Crippen molar-refractivity contribution in [2.45, 2.75) is 50.6 Å².